The zero-order valence-corrected chi connectivity index (χ0v) is 16.2. The van der Waals surface area contributed by atoms with Crippen molar-refractivity contribution in [1.29, 1.82) is 0 Å². The van der Waals surface area contributed by atoms with Crippen LogP contribution in [0.3, 0.4) is 0 Å². The molecule has 0 aromatic heterocycles. The first kappa shape index (κ1) is 21.0. The third kappa shape index (κ3) is 6.42. The molecule has 0 fully saturated rings. The molecule has 28 heavy (non-hydrogen) atoms. The van der Waals surface area contributed by atoms with E-state index in [-0.39, 0.29) is 0 Å². The Hall–Kier alpha value is -3.35. The van der Waals surface area contributed by atoms with Crippen LogP contribution in [-0.2, 0) is 20.7 Å². The van der Waals surface area contributed by atoms with Gasteiger partial charge in [-0.1, -0.05) is 37.3 Å². The third-order valence-electron chi connectivity index (χ3n) is 4.02. The van der Waals surface area contributed by atoms with E-state index in [2.05, 4.69) is 16.0 Å². The molecule has 0 heterocycles. The number of anilines is 2. The molecule has 0 spiro atoms. The molecule has 2 rings (SSSR count). The van der Waals surface area contributed by atoms with Crippen molar-refractivity contribution in [2.45, 2.75) is 39.3 Å². The van der Waals surface area contributed by atoms with Gasteiger partial charge in [0.15, 0.2) is 6.10 Å². The SMILES string of the molecule is CCc1ccc(NC(=O)[C@@H](C)OC(=O)[C@H](C)NC(=O)Nc2ccccc2)cc1. The molecule has 0 saturated carbocycles. The van der Waals surface area contributed by atoms with Crippen LogP contribution in [0, 0.1) is 0 Å². The zero-order valence-electron chi connectivity index (χ0n) is 16.2. The fraction of sp³-hybridized carbons (Fsp3) is 0.286. The van der Waals surface area contributed by atoms with Crippen molar-refractivity contribution < 1.29 is 19.1 Å². The monoisotopic (exact) mass is 383 g/mol. The molecule has 0 aliphatic heterocycles. The number of amides is 3. The minimum atomic E-state index is -1.00. The Balaban J connectivity index is 1.80. The summed E-state index contributed by atoms with van der Waals surface area (Å²) in [6.45, 7) is 5.01. The number of ether oxygens (including phenoxy) is 1. The van der Waals surface area contributed by atoms with E-state index in [0.717, 1.165) is 12.0 Å². The second kappa shape index (κ2) is 10.1. The maximum Gasteiger partial charge on any atom is 0.329 e. The first-order valence-electron chi connectivity index (χ1n) is 9.12. The molecule has 2 atom stereocenters. The molecule has 0 aliphatic rings. The van der Waals surface area contributed by atoms with Crippen LogP contribution in [0.1, 0.15) is 26.3 Å². The summed E-state index contributed by atoms with van der Waals surface area (Å²) >= 11 is 0. The van der Waals surface area contributed by atoms with E-state index in [9.17, 15) is 14.4 Å². The molecule has 7 nitrogen and oxygen atoms in total. The normalized spacial score (nSPS) is 12.4. The van der Waals surface area contributed by atoms with Gasteiger partial charge in [0.1, 0.15) is 6.04 Å². The summed E-state index contributed by atoms with van der Waals surface area (Å²) in [6.07, 6.45) is -0.0925. The molecular weight excluding hydrogens is 358 g/mol. The number of rotatable bonds is 7. The van der Waals surface area contributed by atoms with Crippen molar-refractivity contribution in [3.05, 3.63) is 60.2 Å². The smallest absolute Gasteiger partial charge is 0.329 e. The Morgan fingerprint density at radius 2 is 1.50 bits per heavy atom. The van der Waals surface area contributed by atoms with Crippen LogP contribution in [0.15, 0.2) is 54.6 Å². The van der Waals surface area contributed by atoms with Crippen molar-refractivity contribution in [2.24, 2.45) is 0 Å². The van der Waals surface area contributed by atoms with Gasteiger partial charge in [-0.25, -0.2) is 9.59 Å². The number of benzene rings is 2. The predicted octanol–water partition coefficient (Wildman–Crippen LogP) is 3.33. The molecular formula is C21H25N3O4. The van der Waals surface area contributed by atoms with Gasteiger partial charge in [0.25, 0.3) is 5.91 Å². The summed E-state index contributed by atoms with van der Waals surface area (Å²) in [5.74, 6) is -1.15. The molecule has 148 valence electrons. The molecule has 2 aromatic carbocycles. The second-order valence-electron chi connectivity index (χ2n) is 6.31. The highest BCUT2D eigenvalue weighted by atomic mass is 16.5. The van der Waals surface area contributed by atoms with E-state index >= 15 is 0 Å². The Labute approximate surface area is 164 Å². The first-order valence-corrected chi connectivity index (χ1v) is 9.12. The Bertz CT molecular complexity index is 806. The van der Waals surface area contributed by atoms with Crippen LogP contribution < -0.4 is 16.0 Å². The van der Waals surface area contributed by atoms with Gasteiger partial charge in [-0.15, -0.1) is 0 Å². The number of carbonyl (C=O) groups is 3. The maximum atomic E-state index is 12.2. The Morgan fingerprint density at radius 1 is 0.893 bits per heavy atom. The van der Waals surface area contributed by atoms with E-state index < -0.39 is 30.1 Å². The molecule has 2 aromatic rings. The molecule has 7 heteroatoms. The highest BCUT2D eigenvalue weighted by molar-refractivity contribution is 5.96. The van der Waals surface area contributed by atoms with E-state index in [1.807, 2.05) is 25.1 Å². The van der Waals surface area contributed by atoms with Crippen molar-refractivity contribution >= 4 is 29.3 Å². The van der Waals surface area contributed by atoms with Gasteiger partial charge < -0.3 is 20.7 Å². The summed E-state index contributed by atoms with van der Waals surface area (Å²) in [7, 11) is 0. The van der Waals surface area contributed by atoms with Gasteiger partial charge in [0.2, 0.25) is 0 Å². The lowest BCUT2D eigenvalue weighted by atomic mass is 10.1. The number of nitrogens with one attached hydrogen (secondary N) is 3. The minimum Gasteiger partial charge on any atom is -0.451 e. The summed E-state index contributed by atoms with van der Waals surface area (Å²) in [5.41, 5.74) is 2.38. The predicted molar refractivity (Wildman–Crippen MR) is 108 cm³/mol. The van der Waals surface area contributed by atoms with Gasteiger partial charge in [0.05, 0.1) is 0 Å². The van der Waals surface area contributed by atoms with Gasteiger partial charge in [-0.3, -0.25) is 4.79 Å². The van der Waals surface area contributed by atoms with Crippen molar-refractivity contribution in [3.8, 4) is 0 Å². The number of urea groups is 1. The second-order valence-corrected chi connectivity index (χ2v) is 6.31. The number of esters is 1. The molecule has 0 aliphatic carbocycles. The van der Waals surface area contributed by atoms with E-state index in [1.165, 1.54) is 13.8 Å². The van der Waals surface area contributed by atoms with E-state index in [1.54, 1.807) is 36.4 Å². The quantitative estimate of drug-likeness (QED) is 0.639. The summed E-state index contributed by atoms with van der Waals surface area (Å²) in [4.78, 5) is 36.3. The van der Waals surface area contributed by atoms with Crippen LogP contribution in [0.2, 0.25) is 0 Å². The van der Waals surface area contributed by atoms with E-state index in [4.69, 9.17) is 4.74 Å². The van der Waals surface area contributed by atoms with Crippen LogP contribution in [0.25, 0.3) is 0 Å². The van der Waals surface area contributed by atoms with Crippen molar-refractivity contribution in [1.82, 2.24) is 5.32 Å². The highest BCUT2D eigenvalue weighted by Crippen LogP contribution is 2.11. The Kier molecular flexibility index (Phi) is 7.56. The largest absolute Gasteiger partial charge is 0.451 e. The topological polar surface area (TPSA) is 96.5 Å². The fourth-order valence-corrected chi connectivity index (χ4v) is 2.34. The molecule has 0 bridgehead atoms. The van der Waals surface area contributed by atoms with Crippen molar-refractivity contribution in [3.63, 3.8) is 0 Å². The fourth-order valence-electron chi connectivity index (χ4n) is 2.34. The number of carbonyl (C=O) groups excluding carboxylic acids is 3. The van der Waals surface area contributed by atoms with Gasteiger partial charge in [0, 0.05) is 11.4 Å². The van der Waals surface area contributed by atoms with Gasteiger partial charge in [-0.2, -0.15) is 0 Å². The average molecular weight is 383 g/mol. The van der Waals surface area contributed by atoms with Crippen LogP contribution in [0.4, 0.5) is 16.2 Å². The molecule has 0 unspecified atom stereocenters. The number of aryl methyl sites for hydroxylation is 1. The first-order chi connectivity index (χ1) is 13.4. The molecule has 0 radical (unpaired) electrons. The van der Waals surface area contributed by atoms with Crippen molar-refractivity contribution in [2.75, 3.05) is 10.6 Å². The summed E-state index contributed by atoms with van der Waals surface area (Å²) in [5, 5.41) is 7.78. The maximum absolute atomic E-state index is 12.2. The lowest BCUT2D eigenvalue weighted by Gasteiger charge is -2.18. The van der Waals surface area contributed by atoms with Crippen LogP contribution in [-0.4, -0.2) is 30.1 Å². The molecule has 3 N–H and O–H groups in total. The lowest BCUT2D eigenvalue weighted by Crippen LogP contribution is -2.44. The van der Waals surface area contributed by atoms with Gasteiger partial charge in [-0.05, 0) is 50.1 Å². The molecule has 0 saturated heterocycles. The highest BCUT2D eigenvalue weighted by Gasteiger charge is 2.23. The lowest BCUT2D eigenvalue weighted by molar-refractivity contribution is -0.154. The number of hydrogen-bond donors (Lipinski definition) is 3. The third-order valence-corrected chi connectivity index (χ3v) is 4.02. The number of hydrogen-bond acceptors (Lipinski definition) is 4. The average Bonchev–Trinajstić information content (AvgIpc) is 2.69. The van der Waals surface area contributed by atoms with Gasteiger partial charge >= 0.3 is 12.0 Å². The van der Waals surface area contributed by atoms with E-state index in [0.29, 0.717) is 11.4 Å². The van der Waals surface area contributed by atoms with Crippen LogP contribution in [0.5, 0.6) is 0 Å². The number of para-hydroxylation sites is 1. The zero-order chi connectivity index (χ0) is 20.5. The summed E-state index contributed by atoms with van der Waals surface area (Å²) < 4.78 is 5.15. The Morgan fingerprint density at radius 3 is 2.11 bits per heavy atom. The van der Waals surface area contributed by atoms with Crippen LogP contribution >= 0.6 is 0 Å². The molecule has 3 amide bonds. The summed E-state index contributed by atoms with van der Waals surface area (Å²) in [6, 6.07) is 14.8. The standard InChI is InChI=1S/C21H25N3O4/c1-4-16-10-12-18(13-11-16)23-19(25)15(3)28-20(26)14(2)22-21(27)24-17-8-6-5-7-9-17/h5-15H,4H2,1-3H3,(H,23,25)(H2,22,24,27)/t14-,15+/m0/s1. The minimum absolute atomic E-state index is 0.446.